The minimum absolute atomic E-state index is 0.272. The lowest BCUT2D eigenvalue weighted by Crippen LogP contribution is -2.28. The molecule has 1 amide bonds. The maximum atomic E-state index is 12.6. The number of aromatic nitrogens is 2. The zero-order valence-electron chi connectivity index (χ0n) is 16.1. The third-order valence-corrected chi connectivity index (χ3v) is 5.02. The standard InChI is InChI=1S/C21H21Cl2N3O3/c1-14-19(20(23)26(25-14)13-15-6-3-4-9-18(15)22)21(27)24-10-11-29-17-8-5-7-16(12-17)28-2/h3-9,12H,10-11,13H2,1-2H3,(H,24,27). The molecular formula is C21H21Cl2N3O3. The van der Waals surface area contributed by atoms with Gasteiger partial charge in [0, 0.05) is 11.1 Å². The summed E-state index contributed by atoms with van der Waals surface area (Å²) in [6.45, 7) is 2.76. The van der Waals surface area contributed by atoms with Crippen LogP contribution in [0.4, 0.5) is 0 Å². The fraction of sp³-hybridized carbons (Fsp3) is 0.238. The van der Waals surface area contributed by atoms with E-state index in [1.807, 2.05) is 36.4 Å². The van der Waals surface area contributed by atoms with Crippen molar-refractivity contribution in [3.63, 3.8) is 0 Å². The normalized spacial score (nSPS) is 10.6. The number of rotatable bonds is 8. The van der Waals surface area contributed by atoms with Crippen LogP contribution in [0.25, 0.3) is 0 Å². The third-order valence-electron chi connectivity index (χ3n) is 4.27. The van der Waals surface area contributed by atoms with Crippen molar-refractivity contribution in [2.24, 2.45) is 0 Å². The number of methoxy groups -OCH3 is 1. The quantitative estimate of drug-likeness (QED) is 0.535. The van der Waals surface area contributed by atoms with Crippen LogP contribution in [0.5, 0.6) is 11.5 Å². The lowest BCUT2D eigenvalue weighted by molar-refractivity contribution is 0.0946. The van der Waals surface area contributed by atoms with Crippen molar-refractivity contribution in [2.75, 3.05) is 20.3 Å². The van der Waals surface area contributed by atoms with Crippen LogP contribution in [0, 0.1) is 6.92 Å². The highest BCUT2D eigenvalue weighted by Crippen LogP contribution is 2.23. The van der Waals surface area contributed by atoms with Gasteiger partial charge in [0.2, 0.25) is 0 Å². The van der Waals surface area contributed by atoms with E-state index in [0.717, 1.165) is 5.56 Å². The van der Waals surface area contributed by atoms with E-state index in [4.69, 9.17) is 32.7 Å². The van der Waals surface area contributed by atoms with E-state index in [0.29, 0.717) is 47.5 Å². The summed E-state index contributed by atoms with van der Waals surface area (Å²) >= 11 is 12.6. The number of ether oxygens (including phenoxy) is 2. The van der Waals surface area contributed by atoms with Crippen molar-refractivity contribution in [2.45, 2.75) is 13.5 Å². The number of carbonyl (C=O) groups is 1. The zero-order chi connectivity index (χ0) is 20.8. The molecule has 1 heterocycles. The highest BCUT2D eigenvalue weighted by Gasteiger charge is 2.20. The Morgan fingerprint density at radius 3 is 2.66 bits per heavy atom. The molecule has 0 saturated carbocycles. The fourth-order valence-electron chi connectivity index (χ4n) is 2.82. The number of carbonyl (C=O) groups excluding carboxylic acids is 1. The van der Waals surface area contributed by atoms with Crippen LogP contribution in [0.2, 0.25) is 10.2 Å². The number of benzene rings is 2. The molecule has 3 aromatic rings. The van der Waals surface area contributed by atoms with Crippen LogP contribution in [0.3, 0.4) is 0 Å². The summed E-state index contributed by atoms with van der Waals surface area (Å²) in [6.07, 6.45) is 0. The van der Waals surface area contributed by atoms with E-state index in [1.54, 1.807) is 30.8 Å². The molecule has 0 aliphatic rings. The van der Waals surface area contributed by atoms with Crippen molar-refractivity contribution in [3.05, 3.63) is 75.5 Å². The largest absolute Gasteiger partial charge is 0.497 e. The van der Waals surface area contributed by atoms with Gasteiger partial charge >= 0.3 is 0 Å². The minimum atomic E-state index is -0.299. The molecule has 0 saturated heterocycles. The van der Waals surface area contributed by atoms with Gasteiger partial charge in [-0.05, 0) is 30.7 Å². The van der Waals surface area contributed by atoms with E-state index < -0.39 is 0 Å². The zero-order valence-corrected chi connectivity index (χ0v) is 17.6. The number of hydrogen-bond donors (Lipinski definition) is 1. The first kappa shape index (κ1) is 21.0. The Morgan fingerprint density at radius 2 is 1.90 bits per heavy atom. The second-order valence-corrected chi connectivity index (χ2v) is 7.05. The molecule has 0 radical (unpaired) electrons. The summed E-state index contributed by atoms with van der Waals surface area (Å²) in [5.74, 6) is 1.08. The molecule has 152 valence electrons. The Labute approximate surface area is 179 Å². The second-order valence-electron chi connectivity index (χ2n) is 6.28. The van der Waals surface area contributed by atoms with Crippen LogP contribution in [-0.2, 0) is 6.54 Å². The monoisotopic (exact) mass is 433 g/mol. The molecule has 0 bridgehead atoms. The summed E-state index contributed by atoms with van der Waals surface area (Å²) in [5.41, 5.74) is 1.77. The average molecular weight is 434 g/mol. The molecule has 6 nitrogen and oxygen atoms in total. The van der Waals surface area contributed by atoms with Gasteiger partial charge in [-0.1, -0.05) is 47.5 Å². The smallest absolute Gasteiger partial charge is 0.256 e. The van der Waals surface area contributed by atoms with Crippen molar-refractivity contribution in [3.8, 4) is 11.5 Å². The summed E-state index contributed by atoms with van der Waals surface area (Å²) in [7, 11) is 1.59. The molecule has 0 unspecified atom stereocenters. The van der Waals surface area contributed by atoms with Crippen molar-refractivity contribution >= 4 is 29.1 Å². The molecule has 0 spiro atoms. The Morgan fingerprint density at radius 1 is 1.14 bits per heavy atom. The molecule has 0 atom stereocenters. The molecular weight excluding hydrogens is 413 g/mol. The Balaban J connectivity index is 1.59. The van der Waals surface area contributed by atoms with E-state index in [1.165, 1.54) is 0 Å². The number of amides is 1. The van der Waals surface area contributed by atoms with Gasteiger partial charge in [0.25, 0.3) is 5.91 Å². The highest BCUT2D eigenvalue weighted by atomic mass is 35.5. The van der Waals surface area contributed by atoms with Crippen LogP contribution in [-0.4, -0.2) is 35.9 Å². The van der Waals surface area contributed by atoms with E-state index in [-0.39, 0.29) is 11.1 Å². The van der Waals surface area contributed by atoms with E-state index in [9.17, 15) is 4.79 Å². The van der Waals surface area contributed by atoms with E-state index in [2.05, 4.69) is 10.4 Å². The first-order valence-electron chi connectivity index (χ1n) is 9.01. The topological polar surface area (TPSA) is 65.4 Å². The van der Waals surface area contributed by atoms with Gasteiger partial charge in [0.05, 0.1) is 31.5 Å². The Hall–Kier alpha value is -2.70. The van der Waals surface area contributed by atoms with Crippen molar-refractivity contribution < 1.29 is 14.3 Å². The number of aryl methyl sites for hydroxylation is 1. The summed E-state index contributed by atoms with van der Waals surface area (Å²) in [5, 5.41) is 8.09. The van der Waals surface area contributed by atoms with Crippen LogP contribution >= 0.6 is 23.2 Å². The number of hydrogen-bond acceptors (Lipinski definition) is 4. The molecule has 29 heavy (non-hydrogen) atoms. The van der Waals surface area contributed by atoms with E-state index >= 15 is 0 Å². The number of nitrogens with zero attached hydrogens (tertiary/aromatic N) is 2. The first-order chi connectivity index (χ1) is 14.0. The average Bonchev–Trinajstić information content (AvgIpc) is 3.00. The van der Waals surface area contributed by atoms with Gasteiger partial charge < -0.3 is 14.8 Å². The van der Waals surface area contributed by atoms with Crippen LogP contribution in [0.1, 0.15) is 21.6 Å². The Bertz CT molecular complexity index is 1000. The van der Waals surface area contributed by atoms with Gasteiger partial charge in [-0.2, -0.15) is 5.10 Å². The molecule has 0 aliphatic carbocycles. The molecule has 1 N–H and O–H groups in total. The molecule has 2 aromatic carbocycles. The van der Waals surface area contributed by atoms with Crippen LogP contribution in [0.15, 0.2) is 48.5 Å². The molecule has 1 aromatic heterocycles. The fourth-order valence-corrected chi connectivity index (χ4v) is 3.33. The minimum Gasteiger partial charge on any atom is -0.497 e. The summed E-state index contributed by atoms with van der Waals surface area (Å²) < 4.78 is 12.4. The lowest BCUT2D eigenvalue weighted by atomic mass is 10.2. The summed E-state index contributed by atoms with van der Waals surface area (Å²) in [6, 6.07) is 14.7. The SMILES string of the molecule is COc1cccc(OCCNC(=O)c2c(C)nn(Cc3ccccc3Cl)c2Cl)c1. The van der Waals surface area contributed by atoms with Gasteiger partial charge in [0.15, 0.2) is 0 Å². The third kappa shape index (κ3) is 5.22. The van der Waals surface area contributed by atoms with Crippen molar-refractivity contribution in [1.82, 2.24) is 15.1 Å². The maximum Gasteiger partial charge on any atom is 0.256 e. The molecule has 8 heteroatoms. The molecule has 0 fully saturated rings. The molecule has 3 rings (SSSR count). The van der Waals surface area contributed by atoms with Gasteiger partial charge in [0.1, 0.15) is 23.3 Å². The summed E-state index contributed by atoms with van der Waals surface area (Å²) in [4.78, 5) is 12.6. The second kappa shape index (κ2) is 9.67. The number of nitrogens with one attached hydrogen (secondary N) is 1. The predicted molar refractivity (Wildman–Crippen MR) is 113 cm³/mol. The van der Waals surface area contributed by atoms with Gasteiger partial charge in [-0.3, -0.25) is 4.79 Å². The van der Waals surface area contributed by atoms with Gasteiger partial charge in [-0.25, -0.2) is 4.68 Å². The molecule has 0 aliphatic heterocycles. The maximum absolute atomic E-state index is 12.6. The number of halogens is 2. The Kier molecular flexibility index (Phi) is 7.01. The van der Waals surface area contributed by atoms with Gasteiger partial charge in [-0.15, -0.1) is 0 Å². The highest BCUT2D eigenvalue weighted by molar-refractivity contribution is 6.33. The first-order valence-corrected chi connectivity index (χ1v) is 9.76. The van der Waals surface area contributed by atoms with Crippen molar-refractivity contribution in [1.29, 1.82) is 0 Å². The lowest BCUT2D eigenvalue weighted by Gasteiger charge is -2.09. The predicted octanol–water partition coefficient (Wildman–Crippen LogP) is 4.36. The van der Waals surface area contributed by atoms with Crippen LogP contribution < -0.4 is 14.8 Å².